The number of anilines is 2. The van der Waals surface area contributed by atoms with E-state index in [1.807, 2.05) is 38.1 Å². The van der Waals surface area contributed by atoms with Crippen LogP contribution in [-0.2, 0) is 0 Å². The highest BCUT2D eigenvalue weighted by Crippen LogP contribution is 2.16. The van der Waals surface area contributed by atoms with E-state index < -0.39 is 5.97 Å². The zero-order valence-corrected chi connectivity index (χ0v) is 14.0. The fourth-order valence-electron chi connectivity index (χ4n) is 1.94. The molecule has 2 aromatic carbocycles. The van der Waals surface area contributed by atoms with Crippen molar-refractivity contribution in [2.75, 3.05) is 11.5 Å². The fourth-order valence-corrected chi connectivity index (χ4v) is 1.94. The molecule has 7 heteroatoms. The van der Waals surface area contributed by atoms with Crippen molar-refractivity contribution < 1.29 is 9.90 Å². The number of nitrogen functional groups attached to an aromatic ring is 2. The molecule has 3 rings (SSSR count). The molecule has 0 aliphatic rings. The number of nitrogens with two attached hydrogens (primary N) is 2. The van der Waals surface area contributed by atoms with Crippen LogP contribution in [0.4, 0.5) is 11.9 Å². The maximum absolute atomic E-state index is 10.3. The number of hydrogen-bond donors (Lipinski definition) is 3. The Labute approximate surface area is 145 Å². The van der Waals surface area contributed by atoms with Gasteiger partial charge in [0.1, 0.15) is 0 Å². The van der Waals surface area contributed by atoms with Crippen molar-refractivity contribution in [1.29, 1.82) is 0 Å². The topological polar surface area (TPSA) is 128 Å². The van der Waals surface area contributed by atoms with E-state index in [1.165, 1.54) is 5.56 Å². The average Bonchev–Trinajstić information content (AvgIpc) is 2.55. The zero-order chi connectivity index (χ0) is 18.4. The van der Waals surface area contributed by atoms with Gasteiger partial charge in [0.15, 0.2) is 5.82 Å². The van der Waals surface area contributed by atoms with E-state index in [4.69, 9.17) is 16.6 Å². The number of rotatable bonds is 2. The van der Waals surface area contributed by atoms with Gasteiger partial charge in [-0.05, 0) is 26.0 Å². The standard InChI is InChI=1S/C10H11N5.C8H8O2/c1-6-2-4-7(5-3-6)8-13-9(11)15-10(12)14-8;1-6-2-4-7(5-3-6)8(9)10/h2-5H,1H3,(H4,11,12,13,14,15);2-5H,1H3,(H,9,10). The third-order valence-corrected chi connectivity index (χ3v) is 3.28. The Kier molecular flexibility index (Phi) is 5.62. The molecule has 0 spiro atoms. The van der Waals surface area contributed by atoms with E-state index in [-0.39, 0.29) is 11.9 Å². The highest BCUT2D eigenvalue weighted by atomic mass is 16.4. The molecule has 128 valence electrons. The SMILES string of the molecule is Cc1ccc(-c2nc(N)nc(N)n2)cc1.Cc1ccc(C(=O)O)cc1. The Morgan fingerprint density at radius 3 is 1.68 bits per heavy atom. The lowest BCUT2D eigenvalue weighted by atomic mass is 10.1. The summed E-state index contributed by atoms with van der Waals surface area (Å²) in [6.45, 7) is 3.94. The predicted octanol–water partition coefficient (Wildman–Crippen LogP) is 2.70. The van der Waals surface area contributed by atoms with Crippen LogP contribution in [0.25, 0.3) is 11.4 Å². The van der Waals surface area contributed by atoms with E-state index in [1.54, 1.807) is 24.3 Å². The Morgan fingerprint density at radius 1 is 0.800 bits per heavy atom. The second kappa shape index (κ2) is 7.87. The molecule has 0 fully saturated rings. The predicted molar refractivity (Wildman–Crippen MR) is 97.0 cm³/mol. The van der Waals surface area contributed by atoms with Crippen LogP contribution >= 0.6 is 0 Å². The van der Waals surface area contributed by atoms with Crippen molar-refractivity contribution in [1.82, 2.24) is 15.0 Å². The van der Waals surface area contributed by atoms with Gasteiger partial charge in [-0.25, -0.2) is 4.79 Å². The van der Waals surface area contributed by atoms with Crippen molar-refractivity contribution in [2.45, 2.75) is 13.8 Å². The molecule has 0 aliphatic heterocycles. The van der Waals surface area contributed by atoms with Gasteiger partial charge in [-0.2, -0.15) is 15.0 Å². The number of aromatic carboxylic acids is 1. The highest BCUT2D eigenvalue weighted by Gasteiger charge is 2.04. The number of aromatic nitrogens is 3. The van der Waals surface area contributed by atoms with Gasteiger partial charge in [-0.3, -0.25) is 0 Å². The fraction of sp³-hybridized carbons (Fsp3) is 0.111. The van der Waals surface area contributed by atoms with Crippen LogP contribution in [0.3, 0.4) is 0 Å². The summed E-state index contributed by atoms with van der Waals surface area (Å²) in [5.41, 5.74) is 14.4. The average molecular weight is 337 g/mol. The number of benzene rings is 2. The second-order valence-corrected chi connectivity index (χ2v) is 5.41. The molecule has 1 heterocycles. The lowest BCUT2D eigenvalue weighted by Gasteiger charge is -2.02. The Hall–Kier alpha value is -3.48. The van der Waals surface area contributed by atoms with E-state index in [0.717, 1.165) is 11.1 Å². The molecular weight excluding hydrogens is 318 g/mol. The molecule has 7 nitrogen and oxygen atoms in total. The summed E-state index contributed by atoms with van der Waals surface area (Å²) < 4.78 is 0. The van der Waals surface area contributed by atoms with E-state index in [0.29, 0.717) is 11.4 Å². The quantitative estimate of drug-likeness (QED) is 0.655. The summed E-state index contributed by atoms with van der Waals surface area (Å²) in [7, 11) is 0. The summed E-state index contributed by atoms with van der Waals surface area (Å²) in [6, 6.07) is 14.5. The third kappa shape index (κ3) is 5.28. The molecule has 5 N–H and O–H groups in total. The normalized spacial score (nSPS) is 9.84. The van der Waals surface area contributed by atoms with Crippen molar-refractivity contribution in [3.8, 4) is 11.4 Å². The first kappa shape index (κ1) is 17.9. The first-order chi connectivity index (χ1) is 11.8. The maximum atomic E-state index is 10.3. The molecule has 0 amide bonds. The monoisotopic (exact) mass is 337 g/mol. The number of nitrogens with zero attached hydrogens (tertiary/aromatic N) is 3. The summed E-state index contributed by atoms with van der Waals surface area (Å²) >= 11 is 0. The first-order valence-corrected chi connectivity index (χ1v) is 7.49. The van der Waals surface area contributed by atoms with Crippen LogP contribution in [0.5, 0.6) is 0 Å². The molecular formula is C18H19N5O2. The van der Waals surface area contributed by atoms with Gasteiger partial charge in [0, 0.05) is 5.56 Å². The van der Waals surface area contributed by atoms with E-state index in [2.05, 4.69) is 15.0 Å². The molecule has 0 saturated heterocycles. The van der Waals surface area contributed by atoms with Crippen molar-refractivity contribution in [3.05, 3.63) is 65.2 Å². The maximum Gasteiger partial charge on any atom is 0.335 e. The van der Waals surface area contributed by atoms with Gasteiger partial charge in [0.05, 0.1) is 5.56 Å². The molecule has 0 radical (unpaired) electrons. The molecule has 0 saturated carbocycles. The van der Waals surface area contributed by atoms with Crippen molar-refractivity contribution >= 4 is 17.9 Å². The summed E-state index contributed by atoms with van der Waals surface area (Å²) in [4.78, 5) is 22.0. The van der Waals surface area contributed by atoms with Crippen LogP contribution in [0.2, 0.25) is 0 Å². The van der Waals surface area contributed by atoms with Crippen LogP contribution in [0, 0.1) is 13.8 Å². The van der Waals surface area contributed by atoms with Gasteiger partial charge >= 0.3 is 5.97 Å². The molecule has 25 heavy (non-hydrogen) atoms. The Morgan fingerprint density at radius 2 is 1.24 bits per heavy atom. The van der Waals surface area contributed by atoms with Crippen LogP contribution in [0.1, 0.15) is 21.5 Å². The molecule has 3 aromatic rings. The minimum absolute atomic E-state index is 0.137. The minimum Gasteiger partial charge on any atom is -0.478 e. The van der Waals surface area contributed by atoms with Gasteiger partial charge < -0.3 is 16.6 Å². The van der Waals surface area contributed by atoms with E-state index in [9.17, 15) is 4.79 Å². The molecule has 0 atom stereocenters. The van der Waals surface area contributed by atoms with Gasteiger partial charge in [-0.1, -0.05) is 47.5 Å². The molecule has 1 aromatic heterocycles. The second-order valence-electron chi connectivity index (χ2n) is 5.41. The smallest absolute Gasteiger partial charge is 0.335 e. The first-order valence-electron chi connectivity index (χ1n) is 7.49. The van der Waals surface area contributed by atoms with Crippen molar-refractivity contribution in [3.63, 3.8) is 0 Å². The van der Waals surface area contributed by atoms with Gasteiger partial charge in [0.25, 0.3) is 0 Å². The molecule has 0 unspecified atom stereocenters. The number of carbonyl (C=O) groups is 1. The lowest BCUT2D eigenvalue weighted by molar-refractivity contribution is 0.0697. The van der Waals surface area contributed by atoms with Crippen LogP contribution in [0.15, 0.2) is 48.5 Å². The molecule has 0 bridgehead atoms. The Bertz CT molecular complexity index is 841. The Balaban J connectivity index is 0.000000196. The number of hydrogen-bond acceptors (Lipinski definition) is 6. The highest BCUT2D eigenvalue weighted by molar-refractivity contribution is 5.87. The number of aryl methyl sites for hydroxylation is 2. The van der Waals surface area contributed by atoms with Gasteiger partial charge in [-0.15, -0.1) is 0 Å². The van der Waals surface area contributed by atoms with Crippen LogP contribution < -0.4 is 11.5 Å². The lowest BCUT2D eigenvalue weighted by Crippen LogP contribution is -2.04. The summed E-state index contributed by atoms with van der Waals surface area (Å²) in [6.07, 6.45) is 0. The van der Waals surface area contributed by atoms with Gasteiger partial charge in [0.2, 0.25) is 11.9 Å². The number of carboxylic acids is 1. The van der Waals surface area contributed by atoms with E-state index >= 15 is 0 Å². The van der Waals surface area contributed by atoms with Crippen LogP contribution in [-0.4, -0.2) is 26.0 Å². The summed E-state index contributed by atoms with van der Waals surface area (Å²) in [5, 5.41) is 8.48. The minimum atomic E-state index is -0.875. The number of carboxylic acid groups (broad SMARTS) is 1. The third-order valence-electron chi connectivity index (χ3n) is 3.28. The largest absolute Gasteiger partial charge is 0.478 e. The van der Waals surface area contributed by atoms with Crippen molar-refractivity contribution in [2.24, 2.45) is 0 Å². The summed E-state index contributed by atoms with van der Waals surface area (Å²) in [5.74, 6) is -0.101. The zero-order valence-electron chi connectivity index (χ0n) is 14.0. The molecule has 0 aliphatic carbocycles.